The second kappa shape index (κ2) is 4.97. The van der Waals surface area contributed by atoms with Gasteiger partial charge in [-0.3, -0.25) is 9.69 Å². The van der Waals surface area contributed by atoms with Gasteiger partial charge in [0.15, 0.2) is 0 Å². The molecule has 98 valence electrons. The maximum atomic E-state index is 12.3. The van der Waals surface area contributed by atoms with Gasteiger partial charge in [0, 0.05) is 35.8 Å². The summed E-state index contributed by atoms with van der Waals surface area (Å²) in [6, 6.07) is 3.61. The fraction of sp³-hybridized carbons (Fsp3) is 0.538. The summed E-state index contributed by atoms with van der Waals surface area (Å²) in [7, 11) is 2.10. The Hall–Kier alpha value is -0.940. The lowest BCUT2D eigenvalue weighted by Crippen LogP contribution is -2.58. The Morgan fingerprint density at radius 1 is 1.39 bits per heavy atom. The van der Waals surface area contributed by atoms with Crippen molar-refractivity contribution in [1.29, 1.82) is 0 Å². The van der Waals surface area contributed by atoms with Crippen molar-refractivity contribution in [3.63, 3.8) is 0 Å². The lowest BCUT2D eigenvalue weighted by atomic mass is 9.99. The maximum absolute atomic E-state index is 12.3. The van der Waals surface area contributed by atoms with E-state index in [1.54, 1.807) is 12.3 Å². The molecule has 2 heterocycles. The first-order valence-corrected chi connectivity index (χ1v) is 6.81. The first-order valence-electron chi connectivity index (χ1n) is 6.02. The molecule has 1 aromatic heterocycles. The average molecular weight is 312 g/mol. The lowest BCUT2D eigenvalue weighted by molar-refractivity contribution is 0.0307. The molecule has 1 saturated heterocycles. The van der Waals surface area contributed by atoms with E-state index in [9.17, 15) is 4.79 Å². The Labute approximate surface area is 116 Å². The Balaban J connectivity index is 2.13. The predicted octanol–water partition coefficient (Wildman–Crippen LogP) is 2.01. The molecule has 18 heavy (non-hydrogen) atoms. The second-order valence-corrected chi connectivity index (χ2v) is 6.24. The van der Waals surface area contributed by atoms with Crippen LogP contribution < -0.4 is 0 Å². The van der Waals surface area contributed by atoms with Crippen LogP contribution in [0.15, 0.2) is 22.8 Å². The third kappa shape index (κ3) is 2.72. The Kier molecular flexibility index (Phi) is 3.73. The highest BCUT2D eigenvalue weighted by Gasteiger charge is 2.33. The molecule has 0 saturated carbocycles. The van der Waals surface area contributed by atoms with Gasteiger partial charge in [0.05, 0.1) is 0 Å². The molecule has 0 spiro atoms. The number of hydrogen-bond donors (Lipinski definition) is 0. The van der Waals surface area contributed by atoms with Crippen LogP contribution in [0.25, 0.3) is 0 Å². The number of piperazine rings is 1. The van der Waals surface area contributed by atoms with E-state index in [0.29, 0.717) is 5.69 Å². The SMILES string of the molecule is CN1CCN(C(=O)c2ccc(Br)cn2)CC1(C)C. The summed E-state index contributed by atoms with van der Waals surface area (Å²) in [4.78, 5) is 20.7. The van der Waals surface area contributed by atoms with Crippen LogP contribution in [0.1, 0.15) is 24.3 Å². The molecule has 0 atom stereocenters. The number of aromatic nitrogens is 1. The van der Waals surface area contributed by atoms with Crippen LogP contribution >= 0.6 is 15.9 Å². The highest BCUT2D eigenvalue weighted by atomic mass is 79.9. The minimum absolute atomic E-state index is 0.0171. The number of carbonyl (C=O) groups excluding carboxylic acids is 1. The van der Waals surface area contributed by atoms with Crippen LogP contribution in [0.2, 0.25) is 0 Å². The summed E-state index contributed by atoms with van der Waals surface area (Å²) in [6.45, 7) is 6.70. The fourth-order valence-electron chi connectivity index (χ4n) is 2.08. The smallest absolute Gasteiger partial charge is 0.272 e. The molecular weight excluding hydrogens is 294 g/mol. The number of amides is 1. The Morgan fingerprint density at radius 3 is 2.67 bits per heavy atom. The fourth-order valence-corrected chi connectivity index (χ4v) is 2.31. The average Bonchev–Trinajstić information content (AvgIpc) is 2.33. The summed E-state index contributed by atoms with van der Waals surface area (Å²) in [5.41, 5.74) is 0.530. The van der Waals surface area contributed by atoms with E-state index in [0.717, 1.165) is 24.1 Å². The van der Waals surface area contributed by atoms with Crippen LogP contribution in [-0.2, 0) is 0 Å². The number of hydrogen-bond acceptors (Lipinski definition) is 3. The van der Waals surface area contributed by atoms with Crippen molar-refractivity contribution >= 4 is 21.8 Å². The third-order valence-corrected chi connectivity index (χ3v) is 4.02. The van der Waals surface area contributed by atoms with Gasteiger partial charge in [-0.2, -0.15) is 0 Å². The van der Waals surface area contributed by atoms with Gasteiger partial charge in [-0.05, 0) is 49.0 Å². The number of pyridine rings is 1. The largest absolute Gasteiger partial charge is 0.334 e. The zero-order valence-corrected chi connectivity index (χ0v) is 12.6. The van der Waals surface area contributed by atoms with Gasteiger partial charge in [0.1, 0.15) is 5.69 Å². The molecule has 5 heteroatoms. The van der Waals surface area contributed by atoms with E-state index in [1.807, 2.05) is 11.0 Å². The quantitative estimate of drug-likeness (QED) is 0.796. The monoisotopic (exact) mass is 311 g/mol. The first kappa shape index (κ1) is 13.5. The standard InChI is InChI=1S/C13H18BrN3O/c1-13(2)9-17(7-6-16(13)3)12(18)11-5-4-10(14)8-15-11/h4-5,8H,6-7,9H2,1-3H3. The van der Waals surface area contributed by atoms with Crippen molar-refractivity contribution in [2.45, 2.75) is 19.4 Å². The van der Waals surface area contributed by atoms with Gasteiger partial charge >= 0.3 is 0 Å². The number of rotatable bonds is 1. The Bertz CT molecular complexity index is 444. The molecule has 1 amide bonds. The van der Waals surface area contributed by atoms with E-state index in [1.165, 1.54) is 0 Å². The third-order valence-electron chi connectivity index (χ3n) is 3.55. The molecule has 0 radical (unpaired) electrons. The van der Waals surface area contributed by atoms with Crippen molar-refractivity contribution in [3.8, 4) is 0 Å². The van der Waals surface area contributed by atoms with E-state index in [2.05, 4.69) is 46.7 Å². The van der Waals surface area contributed by atoms with Crippen LogP contribution in [0.5, 0.6) is 0 Å². The highest BCUT2D eigenvalue weighted by molar-refractivity contribution is 9.10. The minimum atomic E-state index is 0.0171. The predicted molar refractivity (Wildman–Crippen MR) is 74.5 cm³/mol. The first-order chi connectivity index (χ1) is 8.40. The van der Waals surface area contributed by atoms with Crippen LogP contribution in [0.3, 0.4) is 0 Å². The van der Waals surface area contributed by atoms with Crippen molar-refractivity contribution < 1.29 is 4.79 Å². The topological polar surface area (TPSA) is 36.4 Å². The Morgan fingerprint density at radius 2 is 2.11 bits per heavy atom. The van der Waals surface area contributed by atoms with E-state index < -0.39 is 0 Å². The maximum Gasteiger partial charge on any atom is 0.272 e. The van der Waals surface area contributed by atoms with Crippen molar-refractivity contribution in [2.75, 3.05) is 26.7 Å². The number of carbonyl (C=O) groups is 1. The molecule has 1 aliphatic rings. The normalized spacial score (nSPS) is 19.9. The molecule has 0 unspecified atom stereocenters. The molecule has 0 aliphatic carbocycles. The van der Waals surface area contributed by atoms with E-state index in [4.69, 9.17) is 0 Å². The van der Waals surface area contributed by atoms with Crippen LogP contribution in [0.4, 0.5) is 0 Å². The van der Waals surface area contributed by atoms with Gasteiger partial charge in [0.2, 0.25) is 0 Å². The molecule has 1 aliphatic heterocycles. The molecule has 1 fully saturated rings. The summed E-state index contributed by atoms with van der Waals surface area (Å²) < 4.78 is 0.887. The number of halogens is 1. The van der Waals surface area contributed by atoms with Gasteiger partial charge < -0.3 is 4.90 Å². The zero-order valence-electron chi connectivity index (χ0n) is 11.0. The van der Waals surface area contributed by atoms with E-state index in [-0.39, 0.29) is 11.4 Å². The zero-order chi connectivity index (χ0) is 13.3. The summed E-state index contributed by atoms with van der Waals surface area (Å²) in [6.07, 6.45) is 1.66. The van der Waals surface area contributed by atoms with Gasteiger partial charge in [0.25, 0.3) is 5.91 Å². The molecular formula is C13H18BrN3O. The van der Waals surface area contributed by atoms with Crippen molar-refractivity contribution in [1.82, 2.24) is 14.8 Å². The van der Waals surface area contributed by atoms with Crippen molar-refractivity contribution in [2.24, 2.45) is 0 Å². The lowest BCUT2D eigenvalue weighted by Gasteiger charge is -2.45. The summed E-state index contributed by atoms with van der Waals surface area (Å²) >= 11 is 3.32. The minimum Gasteiger partial charge on any atom is -0.334 e. The second-order valence-electron chi connectivity index (χ2n) is 5.32. The van der Waals surface area contributed by atoms with Gasteiger partial charge in [-0.25, -0.2) is 4.98 Å². The molecule has 4 nitrogen and oxygen atoms in total. The molecule has 1 aromatic rings. The number of nitrogens with zero attached hydrogens (tertiary/aromatic N) is 3. The summed E-state index contributed by atoms with van der Waals surface area (Å²) in [5.74, 6) is 0.0173. The summed E-state index contributed by atoms with van der Waals surface area (Å²) in [5, 5.41) is 0. The van der Waals surface area contributed by atoms with Crippen LogP contribution in [0, 0.1) is 0 Å². The molecule has 0 aromatic carbocycles. The molecule has 0 N–H and O–H groups in total. The highest BCUT2D eigenvalue weighted by Crippen LogP contribution is 2.20. The van der Waals surface area contributed by atoms with Gasteiger partial charge in [-0.1, -0.05) is 0 Å². The van der Waals surface area contributed by atoms with Gasteiger partial charge in [-0.15, -0.1) is 0 Å². The van der Waals surface area contributed by atoms with Crippen LogP contribution in [-0.4, -0.2) is 52.9 Å². The van der Waals surface area contributed by atoms with E-state index >= 15 is 0 Å². The molecule has 2 rings (SSSR count). The number of likely N-dealkylation sites (N-methyl/N-ethyl adjacent to an activating group) is 1. The molecule has 0 bridgehead atoms. The van der Waals surface area contributed by atoms with Crippen molar-refractivity contribution in [3.05, 3.63) is 28.5 Å².